The summed E-state index contributed by atoms with van der Waals surface area (Å²) in [5, 5.41) is 5.79. The smallest absolute Gasteiger partial charge is 0.245 e. The van der Waals surface area contributed by atoms with E-state index in [-0.39, 0.29) is 12.8 Å². The number of methoxy groups -OCH3 is 2. The SMILES string of the molecule is COc1ccc(NC(=O)C2(S(C)(=O)=O)CCNCC2)cc1OC. The lowest BCUT2D eigenvalue weighted by Crippen LogP contribution is -2.55. The van der Waals surface area contributed by atoms with E-state index in [1.807, 2.05) is 0 Å². The number of nitrogens with one attached hydrogen (secondary N) is 2. The van der Waals surface area contributed by atoms with E-state index in [2.05, 4.69) is 10.6 Å². The molecule has 1 amide bonds. The third kappa shape index (κ3) is 3.42. The topological polar surface area (TPSA) is 93.7 Å². The van der Waals surface area contributed by atoms with Gasteiger partial charge in [0.05, 0.1) is 14.2 Å². The fourth-order valence-corrected chi connectivity index (χ4v) is 4.09. The molecule has 1 heterocycles. The molecule has 1 aliphatic heterocycles. The van der Waals surface area contributed by atoms with Crippen LogP contribution in [0, 0.1) is 0 Å². The second-order valence-electron chi connectivity index (χ2n) is 5.54. The molecule has 0 bridgehead atoms. The van der Waals surface area contributed by atoms with Gasteiger partial charge in [-0.25, -0.2) is 8.42 Å². The second kappa shape index (κ2) is 6.76. The molecule has 1 aliphatic rings. The molecule has 0 saturated carbocycles. The third-order valence-corrected chi connectivity index (χ3v) is 6.19. The van der Waals surface area contributed by atoms with Crippen molar-refractivity contribution in [1.29, 1.82) is 0 Å². The fourth-order valence-electron chi connectivity index (χ4n) is 2.76. The van der Waals surface area contributed by atoms with Crippen LogP contribution in [0.5, 0.6) is 11.5 Å². The molecule has 0 unspecified atom stereocenters. The van der Waals surface area contributed by atoms with Gasteiger partial charge in [-0.1, -0.05) is 0 Å². The van der Waals surface area contributed by atoms with E-state index in [1.165, 1.54) is 14.2 Å². The van der Waals surface area contributed by atoms with Crippen molar-refractivity contribution in [3.8, 4) is 11.5 Å². The van der Waals surface area contributed by atoms with E-state index >= 15 is 0 Å². The van der Waals surface area contributed by atoms with Crippen molar-refractivity contribution in [2.45, 2.75) is 17.6 Å². The summed E-state index contributed by atoms with van der Waals surface area (Å²) >= 11 is 0. The van der Waals surface area contributed by atoms with Crippen LogP contribution in [-0.4, -0.2) is 52.6 Å². The number of sulfone groups is 1. The number of carbonyl (C=O) groups is 1. The predicted octanol–water partition coefficient (Wildman–Crippen LogP) is 0.809. The van der Waals surface area contributed by atoms with Gasteiger partial charge in [0.15, 0.2) is 26.1 Å². The van der Waals surface area contributed by atoms with Gasteiger partial charge in [0.1, 0.15) is 0 Å². The summed E-state index contributed by atoms with van der Waals surface area (Å²) in [6.45, 7) is 0.985. The molecule has 0 radical (unpaired) electrons. The van der Waals surface area contributed by atoms with Gasteiger partial charge in [0.25, 0.3) is 0 Å². The van der Waals surface area contributed by atoms with Gasteiger partial charge < -0.3 is 20.1 Å². The molecular weight excluding hydrogens is 320 g/mol. The van der Waals surface area contributed by atoms with Crippen LogP contribution in [0.3, 0.4) is 0 Å². The first-order chi connectivity index (χ1) is 10.8. The van der Waals surface area contributed by atoms with Gasteiger partial charge in [0, 0.05) is 18.0 Å². The van der Waals surface area contributed by atoms with Gasteiger partial charge in [-0.3, -0.25) is 4.79 Å². The van der Waals surface area contributed by atoms with Crippen LogP contribution < -0.4 is 20.1 Å². The molecule has 1 fully saturated rings. The third-order valence-electron chi connectivity index (χ3n) is 4.18. The van der Waals surface area contributed by atoms with Crippen LogP contribution in [0.4, 0.5) is 5.69 Å². The number of ether oxygens (including phenoxy) is 2. The van der Waals surface area contributed by atoms with Crippen molar-refractivity contribution in [2.75, 3.05) is 38.9 Å². The molecule has 1 aromatic rings. The Labute approximate surface area is 136 Å². The highest BCUT2D eigenvalue weighted by Crippen LogP contribution is 2.32. The molecule has 0 atom stereocenters. The Kier molecular flexibility index (Phi) is 5.16. The van der Waals surface area contributed by atoms with Crippen molar-refractivity contribution in [3.63, 3.8) is 0 Å². The Balaban J connectivity index is 2.29. The van der Waals surface area contributed by atoms with Crippen molar-refractivity contribution >= 4 is 21.4 Å². The second-order valence-corrected chi connectivity index (χ2v) is 7.87. The van der Waals surface area contributed by atoms with Crippen LogP contribution in [0.2, 0.25) is 0 Å². The van der Waals surface area contributed by atoms with E-state index in [1.54, 1.807) is 18.2 Å². The summed E-state index contributed by atoms with van der Waals surface area (Å²) < 4.78 is 33.4. The fraction of sp³-hybridized carbons (Fsp3) is 0.533. The minimum Gasteiger partial charge on any atom is -0.493 e. The number of piperidine rings is 1. The van der Waals surface area contributed by atoms with Gasteiger partial charge in [-0.2, -0.15) is 0 Å². The molecule has 1 aromatic carbocycles. The molecule has 1 saturated heterocycles. The highest BCUT2D eigenvalue weighted by Gasteiger charge is 2.48. The van der Waals surface area contributed by atoms with E-state index in [9.17, 15) is 13.2 Å². The summed E-state index contributed by atoms with van der Waals surface area (Å²) in [6, 6.07) is 4.91. The maximum absolute atomic E-state index is 12.7. The number of benzene rings is 1. The Morgan fingerprint density at radius 3 is 2.30 bits per heavy atom. The molecule has 2 rings (SSSR count). The van der Waals surface area contributed by atoms with Gasteiger partial charge in [-0.15, -0.1) is 0 Å². The number of rotatable bonds is 5. The van der Waals surface area contributed by atoms with Gasteiger partial charge in [0.2, 0.25) is 5.91 Å². The number of carbonyl (C=O) groups excluding carboxylic acids is 1. The Bertz CT molecular complexity index is 681. The van der Waals surface area contributed by atoms with Crippen molar-refractivity contribution in [2.24, 2.45) is 0 Å². The summed E-state index contributed by atoms with van der Waals surface area (Å²) in [6.07, 6.45) is 1.63. The molecule has 23 heavy (non-hydrogen) atoms. The van der Waals surface area contributed by atoms with E-state index < -0.39 is 20.5 Å². The van der Waals surface area contributed by atoms with Crippen LogP contribution in [0.15, 0.2) is 18.2 Å². The van der Waals surface area contributed by atoms with Crippen molar-refractivity contribution < 1.29 is 22.7 Å². The monoisotopic (exact) mass is 342 g/mol. The molecule has 8 heteroatoms. The number of hydrogen-bond donors (Lipinski definition) is 2. The Hall–Kier alpha value is -1.80. The van der Waals surface area contributed by atoms with Gasteiger partial charge >= 0.3 is 0 Å². The molecule has 0 aliphatic carbocycles. The molecular formula is C15H22N2O5S. The average molecular weight is 342 g/mol. The number of anilines is 1. The van der Waals surface area contributed by atoms with E-state index in [0.29, 0.717) is 30.3 Å². The first kappa shape index (κ1) is 17.6. The molecule has 2 N–H and O–H groups in total. The standard InChI is InChI=1S/C15H22N2O5S/c1-21-12-5-4-11(10-13(12)22-2)17-14(18)15(23(3,19)20)6-8-16-9-7-15/h4-5,10,16H,6-9H2,1-3H3,(H,17,18). The first-order valence-corrected chi connectivity index (χ1v) is 9.17. The highest BCUT2D eigenvalue weighted by molar-refractivity contribution is 7.92. The maximum Gasteiger partial charge on any atom is 0.245 e. The zero-order chi connectivity index (χ0) is 17.1. The Morgan fingerprint density at radius 2 is 1.78 bits per heavy atom. The average Bonchev–Trinajstić information content (AvgIpc) is 2.54. The predicted molar refractivity (Wildman–Crippen MR) is 87.9 cm³/mol. The van der Waals surface area contributed by atoms with Crippen molar-refractivity contribution in [3.05, 3.63) is 18.2 Å². The highest BCUT2D eigenvalue weighted by atomic mass is 32.2. The van der Waals surface area contributed by atoms with Crippen LogP contribution >= 0.6 is 0 Å². The summed E-state index contributed by atoms with van der Waals surface area (Å²) in [5.74, 6) is 0.489. The molecule has 0 spiro atoms. The zero-order valence-electron chi connectivity index (χ0n) is 13.5. The normalized spacial score (nSPS) is 17.3. The molecule has 0 aromatic heterocycles. The van der Waals surface area contributed by atoms with Crippen LogP contribution in [0.25, 0.3) is 0 Å². The zero-order valence-corrected chi connectivity index (χ0v) is 14.3. The van der Waals surface area contributed by atoms with Crippen LogP contribution in [-0.2, 0) is 14.6 Å². The van der Waals surface area contributed by atoms with E-state index in [4.69, 9.17) is 9.47 Å². The number of hydrogen-bond acceptors (Lipinski definition) is 6. The summed E-state index contributed by atoms with van der Waals surface area (Å²) in [7, 11) is -0.531. The molecule has 128 valence electrons. The first-order valence-electron chi connectivity index (χ1n) is 7.28. The lowest BCUT2D eigenvalue weighted by Gasteiger charge is -2.34. The lowest BCUT2D eigenvalue weighted by atomic mass is 9.95. The van der Waals surface area contributed by atoms with E-state index in [0.717, 1.165) is 6.26 Å². The summed E-state index contributed by atoms with van der Waals surface area (Å²) in [5.41, 5.74) is 0.467. The minimum atomic E-state index is -3.54. The quantitative estimate of drug-likeness (QED) is 0.822. The maximum atomic E-state index is 12.7. The largest absolute Gasteiger partial charge is 0.493 e. The minimum absolute atomic E-state index is 0.255. The number of amides is 1. The lowest BCUT2D eigenvalue weighted by molar-refractivity contribution is -0.119. The summed E-state index contributed by atoms with van der Waals surface area (Å²) in [4.78, 5) is 12.7. The van der Waals surface area contributed by atoms with Crippen molar-refractivity contribution in [1.82, 2.24) is 5.32 Å². The Morgan fingerprint density at radius 1 is 1.17 bits per heavy atom. The molecule has 7 nitrogen and oxygen atoms in total. The van der Waals surface area contributed by atoms with Gasteiger partial charge in [-0.05, 0) is 38.1 Å². The van der Waals surface area contributed by atoms with Crippen LogP contribution in [0.1, 0.15) is 12.8 Å².